The molecule has 2 aromatic heterocycles. The Morgan fingerprint density at radius 1 is 1.00 bits per heavy atom. The van der Waals surface area contributed by atoms with Gasteiger partial charge in [-0.15, -0.1) is 11.3 Å². The van der Waals surface area contributed by atoms with Gasteiger partial charge in [-0.2, -0.15) is 0 Å². The molecule has 6 nitrogen and oxygen atoms in total. The number of nitrogens with zero attached hydrogens (tertiary/aromatic N) is 2. The third-order valence-electron chi connectivity index (χ3n) is 4.88. The summed E-state index contributed by atoms with van der Waals surface area (Å²) in [7, 11) is 1.54. The van der Waals surface area contributed by atoms with Gasteiger partial charge in [0.25, 0.3) is 5.91 Å². The van der Waals surface area contributed by atoms with Gasteiger partial charge in [0.1, 0.15) is 0 Å². The van der Waals surface area contributed by atoms with Crippen molar-refractivity contribution in [3.8, 4) is 21.7 Å². The van der Waals surface area contributed by atoms with Crippen molar-refractivity contribution in [2.24, 2.45) is 0 Å². The highest BCUT2D eigenvalue weighted by molar-refractivity contribution is 7.13. The first-order valence-corrected chi connectivity index (χ1v) is 10.8. The summed E-state index contributed by atoms with van der Waals surface area (Å²) in [6.45, 7) is 1.49. The maximum absolute atomic E-state index is 11.9. The van der Waals surface area contributed by atoms with Crippen LogP contribution in [0.1, 0.15) is 21.6 Å². The number of hydrogen-bond acceptors (Lipinski definition) is 6. The summed E-state index contributed by atoms with van der Waals surface area (Å²) in [5.41, 5.74) is 11.0. The van der Waals surface area contributed by atoms with Gasteiger partial charge in [0, 0.05) is 30.6 Å². The van der Waals surface area contributed by atoms with Crippen molar-refractivity contribution in [3.63, 3.8) is 0 Å². The fourth-order valence-electron chi connectivity index (χ4n) is 3.24. The predicted octanol–water partition coefficient (Wildman–Crippen LogP) is 4.10. The smallest absolute Gasteiger partial charge is 0.273 e. The van der Waals surface area contributed by atoms with Crippen LogP contribution >= 0.6 is 11.3 Å². The molecule has 2 aromatic carbocycles. The Bertz CT molecular complexity index is 1170. The number of thiophene rings is 1. The van der Waals surface area contributed by atoms with Gasteiger partial charge >= 0.3 is 0 Å². The number of carbonyl (C=O) groups is 1. The van der Waals surface area contributed by atoms with E-state index in [1.807, 2.05) is 18.2 Å². The Balaban J connectivity index is 1.41. The largest absolute Gasteiger partial charge is 0.382 e. The number of aromatic nitrogens is 2. The van der Waals surface area contributed by atoms with Crippen molar-refractivity contribution >= 4 is 23.1 Å². The standard InChI is InChI=1S/C24H23N5OS/c1-26-24(30)22-23(25)28-15-20(29-22)19-5-2-4-17(12-19)14-27-13-16-7-9-18(10-8-16)21-6-3-11-31-21/h2-12,15,27H,13-14H2,1H3,(H2,25,28)(H,26,30). The number of nitrogens with one attached hydrogen (secondary N) is 2. The van der Waals surface area contributed by atoms with Crippen LogP contribution in [0.15, 0.2) is 72.2 Å². The Labute approximate surface area is 185 Å². The summed E-state index contributed by atoms with van der Waals surface area (Å²) in [5.74, 6) is -0.235. The number of nitrogens with two attached hydrogens (primary N) is 1. The average Bonchev–Trinajstić information content (AvgIpc) is 3.35. The number of carbonyl (C=O) groups excluding carboxylic acids is 1. The molecule has 2 heterocycles. The molecule has 4 aromatic rings. The van der Waals surface area contributed by atoms with Gasteiger partial charge in [-0.1, -0.05) is 48.5 Å². The number of rotatable bonds is 7. The molecule has 0 aliphatic rings. The Kier molecular flexibility index (Phi) is 6.35. The van der Waals surface area contributed by atoms with E-state index < -0.39 is 0 Å². The van der Waals surface area contributed by atoms with Crippen LogP contribution in [0.25, 0.3) is 21.7 Å². The minimum absolute atomic E-state index is 0.117. The zero-order valence-corrected chi connectivity index (χ0v) is 17.9. The number of benzene rings is 2. The summed E-state index contributed by atoms with van der Waals surface area (Å²) in [4.78, 5) is 21.7. The lowest BCUT2D eigenvalue weighted by molar-refractivity contribution is 0.0959. The second-order valence-electron chi connectivity index (χ2n) is 7.05. The molecule has 1 amide bonds. The van der Waals surface area contributed by atoms with E-state index >= 15 is 0 Å². The van der Waals surface area contributed by atoms with Crippen LogP contribution in [0, 0.1) is 0 Å². The summed E-state index contributed by atoms with van der Waals surface area (Å²) < 4.78 is 0. The van der Waals surface area contributed by atoms with E-state index in [1.165, 1.54) is 23.1 Å². The Hall–Kier alpha value is -3.55. The first kappa shape index (κ1) is 20.7. The first-order chi connectivity index (χ1) is 15.1. The fourth-order valence-corrected chi connectivity index (χ4v) is 3.98. The van der Waals surface area contributed by atoms with E-state index in [9.17, 15) is 4.79 Å². The van der Waals surface area contributed by atoms with Crippen molar-refractivity contribution in [2.45, 2.75) is 13.1 Å². The van der Waals surface area contributed by atoms with Gasteiger partial charge in [0.15, 0.2) is 11.5 Å². The van der Waals surface area contributed by atoms with Crippen molar-refractivity contribution in [3.05, 3.63) is 89.1 Å². The lowest BCUT2D eigenvalue weighted by atomic mass is 10.1. The van der Waals surface area contributed by atoms with Crippen molar-refractivity contribution in [1.29, 1.82) is 0 Å². The van der Waals surface area contributed by atoms with Gasteiger partial charge in [-0.05, 0) is 34.2 Å². The summed E-state index contributed by atoms with van der Waals surface area (Å²) >= 11 is 1.75. The number of hydrogen-bond donors (Lipinski definition) is 3. The molecule has 0 unspecified atom stereocenters. The van der Waals surface area contributed by atoms with E-state index in [1.54, 1.807) is 17.5 Å². The SMILES string of the molecule is CNC(=O)c1nc(-c2cccc(CNCc3ccc(-c4cccs4)cc3)c2)cnc1N. The van der Waals surface area contributed by atoms with E-state index in [4.69, 9.17) is 5.73 Å². The van der Waals surface area contributed by atoms with Gasteiger partial charge in [-0.25, -0.2) is 9.97 Å². The minimum atomic E-state index is -0.352. The van der Waals surface area contributed by atoms with Crippen LogP contribution in [-0.2, 0) is 13.1 Å². The molecule has 156 valence electrons. The molecular weight excluding hydrogens is 406 g/mol. The zero-order chi connectivity index (χ0) is 21.6. The number of anilines is 1. The molecule has 0 aliphatic carbocycles. The zero-order valence-electron chi connectivity index (χ0n) is 17.1. The predicted molar refractivity (Wildman–Crippen MR) is 126 cm³/mol. The molecule has 0 aliphatic heterocycles. The van der Waals surface area contributed by atoms with E-state index in [2.05, 4.69) is 68.4 Å². The Morgan fingerprint density at radius 3 is 2.55 bits per heavy atom. The molecule has 4 rings (SSSR count). The quantitative estimate of drug-likeness (QED) is 0.411. The summed E-state index contributed by atoms with van der Waals surface area (Å²) in [5, 5.41) is 8.11. The van der Waals surface area contributed by atoms with Gasteiger partial charge in [0.2, 0.25) is 0 Å². The third-order valence-corrected chi connectivity index (χ3v) is 5.80. The lowest BCUT2D eigenvalue weighted by Crippen LogP contribution is -2.21. The molecule has 0 bridgehead atoms. The van der Waals surface area contributed by atoms with Gasteiger partial charge in [-0.3, -0.25) is 4.79 Å². The van der Waals surface area contributed by atoms with Crippen molar-refractivity contribution in [1.82, 2.24) is 20.6 Å². The third kappa shape index (κ3) is 4.96. The monoisotopic (exact) mass is 429 g/mol. The number of amides is 1. The molecule has 0 atom stereocenters. The minimum Gasteiger partial charge on any atom is -0.382 e. The molecule has 0 saturated carbocycles. The molecule has 0 radical (unpaired) electrons. The molecule has 0 saturated heterocycles. The normalized spacial score (nSPS) is 10.7. The van der Waals surface area contributed by atoms with E-state index in [0.29, 0.717) is 12.2 Å². The Morgan fingerprint density at radius 2 is 1.81 bits per heavy atom. The highest BCUT2D eigenvalue weighted by Gasteiger charge is 2.13. The maximum atomic E-state index is 11.9. The molecule has 4 N–H and O–H groups in total. The van der Waals surface area contributed by atoms with Crippen molar-refractivity contribution in [2.75, 3.05) is 12.8 Å². The van der Waals surface area contributed by atoms with Gasteiger partial charge < -0.3 is 16.4 Å². The van der Waals surface area contributed by atoms with Crippen molar-refractivity contribution < 1.29 is 4.79 Å². The van der Waals surface area contributed by atoms with Crippen LogP contribution in [0.2, 0.25) is 0 Å². The molecule has 0 spiro atoms. The first-order valence-electron chi connectivity index (χ1n) is 9.91. The molecule has 0 fully saturated rings. The van der Waals surface area contributed by atoms with Crippen LogP contribution in [0.4, 0.5) is 5.82 Å². The second kappa shape index (κ2) is 9.51. The van der Waals surface area contributed by atoms with Crippen LogP contribution in [-0.4, -0.2) is 22.9 Å². The van der Waals surface area contributed by atoms with Crippen LogP contribution < -0.4 is 16.4 Å². The highest BCUT2D eigenvalue weighted by Crippen LogP contribution is 2.25. The van der Waals surface area contributed by atoms with Gasteiger partial charge in [0.05, 0.1) is 11.9 Å². The topological polar surface area (TPSA) is 92.9 Å². The maximum Gasteiger partial charge on any atom is 0.273 e. The second-order valence-corrected chi connectivity index (χ2v) is 7.99. The molecule has 7 heteroatoms. The van der Waals surface area contributed by atoms with E-state index in [0.717, 1.165) is 17.7 Å². The lowest BCUT2D eigenvalue weighted by Gasteiger charge is -2.09. The number of nitrogen functional groups attached to an aromatic ring is 1. The average molecular weight is 430 g/mol. The summed E-state index contributed by atoms with van der Waals surface area (Å²) in [6, 6.07) is 20.8. The summed E-state index contributed by atoms with van der Waals surface area (Å²) in [6.07, 6.45) is 1.59. The highest BCUT2D eigenvalue weighted by atomic mass is 32.1. The van der Waals surface area contributed by atoms with E-state index in [-0.39, 0.29) is 17.4 Å². The molecule has 31 heavy (non-hydrogen) atoms. The molecular formula is C24H23N5OS. The van der Waals surface area contributed by atoms with Crippen LogP contribution in [0.5, 0.6) is 0 Å². The van der Waals surface area contributed by atoms with Crippen LogP contribution in [0.3, 0.4) is 0 Å². The fraction of sp³-hybridized carbons (Fsp3) is 0.125.